The number of allylic oxidation sites excluding steroid dienone is 2. The molecule has 2 aromatic carbocycles. The summed E-state index contributed by atoms with van der Waals surface area (Å²) in [6.45, 7) is 4.75. The maximum absolute atomic E-state index is 13.0. The fourth-order valence-corrected chi connectivity index (χ4v) is 2.84. The zero-order valence-electron chi connectivity index (χ0n) is 14.8. The number of anilines is 1. The molecule has 2 rings (SSSR count). The van der Waals surface area contributed by atoms with E-state index in [2.05, 4.69) is 48.3 Å². The number of nitrogens with one attached hydrogen (secondary N) is 1. The van der Waals surface area contributed by atoms with Gasteiger partial charge in [-0.2, -0.15) is 0 Å². The van der Waals surface area contributed by atoms with E-state index in [1.54, 1.807) is 12.1 Å². The van der Waals surface area contributed by atoms with Crippen LogP contribution in [0.5, 0.6) is 0 Å². The predicted molar refractivity (Wildman–Crippen MR) is 107 cm³/mol. The summed E-state index contributed by atoms with van der Waals surface area (Å²) in [6, 6.07) is 17.0. The van der Waals surface area contributed by atoms with Gasteiger partial charge >= 0.3 is 0 Å². The summed E-state index contributed by atoms with van der Waals surface area (Å²) in [7, 11) is 0. The highest BCUT2D eigenvalue weighted by Crippen LogP contribution is 2.18. The monoisotopic (exact) mass is 337 g/mol. The zero-order chi connectivity index (χ0) is 17.7. The molecule has 0 aliphatic carbocycles. The summed E-state index contributed by atoms with van der Waals surface area (Å²) < 4.78 is 13.0. The van der Waals surface area contributed by atoms with Crippen LogP contribution in [0.25, 0.3) is 6.08 Å². The van der Waals surface area contributed by atoms with E-state index in [1.165, 1.54) is 30.5 Å². The van der Waals surface area contributed by atoms with Gasteiger partial charge in [-0.25, -0.2) is 4.39 Å². The van der Waals surface area contributed by atoms with Crippen molar-refractivity contribution in [3.8, 4) is 0 Å². The van der Waals surface area contributed by atoms with Crippen molar-refractivity contribution in [3.63, 3.8) is 0 Å². The van der Waals surface area contributed by atoms with Gasteiger partial charge in [0.05, 0.1) is 0 Å². The van der Waals surface area contributed by atoms with E-state index < -0.39 is 0 Å². The van der Waals surface area contributed by atoms with Crippen LogP contribution in [0.3, 0.4) is 0 Å². The lowest BCUT2D eigenvalue weighted by Gasteiger charge is -2.17. The highest BCUT2D eigenvalue weighted by Gasteiger charge is 2.07. The van der Waals surface area contributed by atoms with Crippen molar-refractivity contribution < 1.29 is 4.39 Å². The molecule has 0 aliphatic heterocycles. The van der Waals surface area contributed by atoms with E-state index in [9.17, 15) is 4.39 Å². The first kappa shape index (κ1) is 19.0. The number of benzene rings is 2. The molecule has 0 bridgehead atoms. The highest BCUT2D eigenvalue weighted by molar-refractivity contribution is 5.48. The van der Waals surface area contributed by atoms with Crippen LogP contribution in [-0.2, 0) is 0 Å². The summed E-state index contributed by atoms with van der Waals surface area (Å²) in [6.07, 6.45) is 12.1. The molecule has 2 aromatic rings. The Morgan fingerprint density at radius 2 is 1.72 bits per heavy atom. The fraction of sp³-hybridized carbons (Fsp3) is 0.304. The van der Waals surface area contributed by atoms with Crippen molar-refractivity contribution in [1.29, 1.82) is 0 Å². The Labute approximate surface area is 151 Å². The van der Waals surface area contributed by atoms with Gasteiger partial charge in [-0.1, -0.05) is 48.6 Å². The number of hydrogen-bond donors (Lipinski definition) is 1. The first-order chi connectivity index (χ1) is 12.3. The molecular formula is C23H28FN. The molecule has 1 atom stereocenters. The SMILES string of the molecule is C=CCCC(CCC/C=C/c1ccccc1)CNc1ccc(F)cc1. The first-order valence-electron chi connectivity index (χ1n) is 9.10. The molecule has 25 heavy (non-hydrogen) atoms. The minimum Gasteiger partial charge on any atom is -0.385 e. The molecular weight excluding hydrogens is 309 g/mol. The van der Waals surface area contributed by atoms with Crippen LogP contribution < -0.4 is 5.32 Å². The quantitative estimate of drug-likeness (QED) is 0.355. The van der Waals surface area contributed by atoms with Crippen LogP contribution >= 0.6 is 0 Å². The van der Waals surface area contributed by atoms with Crippen LogP contribution in [0.4, 0.5) is 10.1 Å². The first-order valence-corrected chi connectivity index (χ1v) is 9.10. The Bertz CT molecular complexity index is 631. The fourth-order valence-electron chi connectivity index (χ4n) is 2.84. The number of hydrogen-bond acceptors (Lipinski definition) is 1. The second kappa shape index (κ2) is 11.2. The third-order valence-corrected chi connectivity index (χ3v) is 4.31. The summed E-state index contributed by atoms with van der Waals surface area (Å²) in [5, 5.41) is 3.43. The van der Waals surface area contributed by atoms with E-state index in [4.69, 9.17) is 0 Å². The van der Waals surface area contributed by atoms with Crippen LogP contribution in [-0.4, -0.2) is 6.54 Å². The number of rotatable bonds is 11. The Kier molecular flexibility index (Phi) is 8.54. The molecule has 0 spiro atoms. The molecule has 1 nitrogen and oxygen atoms in total. The van der Waals surface area contributed by atoms with Crippen LogP contribution in [0.15, 0.2) is 73.3 Å². The smallest absolute Gasteiger partial charge is 0.123 e. The lowest BCUT2D eigenvalue weighted by atomic mass is 9.96. The third kappa shape index (κ3) is 7.84. The molecule has 0 amide bonds. The summed E-state index contributed by atoms with van der Waals surface area (Å²) in [4.78, 5) is 0. The molecule has 0 heterocycles. The van der Waals surface area contributed by atoms with E-state index in [1.807, 2.05) is 12.1 Å². The molecule has 1 N–H and O–H groups in total. The molecule has 1 unspecified atom stereocenters. The van der Waals surface area contributed by atoms with Gasteiger partial charge in [-0.05, 0) is 67.9 Å². The van der Waals surface area contributed by atoms with Gasteiger partial charge in [0.2, 0.25) is 0 Å². The number of unbranched alkanes of at least 4 members (excludes halogenated alkanes) is 1. The van der Waals surface area contributed by atoms with Gasteiger partial charge < -0.3 is 5.32 Å². The third-order valence-electron chi connectivity index (χ3n) is 4.31. The van der Waals surface area contributed by atoms with Crippen molar-refractivity contribution in [2.75, 3.05) is 11.9 Å². The summed E-state index contributed by atoms with van der Waals surface area (Å²) in [5.41, 5.74) is 2.23. The van der Waals surface area contributed by atoms with Crippen LogP contribution in [0.2, 0.25) is 0 Å². The van der Waals surface area contributed by atoms with E-state index >= 15 is 0 Å². The lowest BCUT2D eigenvalue weighted by Crippen LogP contribution is -2.14. The molecule has 0 aliphatic rings. The molecule has 0 saturated carbocycles. The largest absolute Gasteiger partial charge is 0.385 e. The Morgan fingerprint density at radius 3 is 2.44 bits per heavy atom. The van der Waals surface area contributed by atoms with Gasteiger partial charge in [0.15, 0.2) is 0 Å². The number of halogens is 1. The maximum atomic E-state index is 13.0. The molecule has 132 valence electrons. The normalized spacial score (nSPS) is 12.2. The lowest BCUT2D eigenvalue weighted by molar-refractivity contribution is 0.463. The second-order valence-electron chi connectivity index (χ2n) is 6.36. The molecule has 0 saturated heterocycles. The van der Waals surface area contributed by atoms with Gasteiger partial charge in [0.25, 0.3) is 0 Å². The van der Waals surface area contributed by atoms with Crippen molar-refractivity contribution in [1.82, 2.24) is 0 Å². The van der Waals surface area contributed by atoms with Crippen molar-refractivity contribution in [2.24, 2.45) is 5.92 Å². The molecule has 0 radical (unpaired) electrons. The standard InChI is InChI=1S/C23H28FN/c1-2-3-10-21(19-25-23-17-15-22(24)16-18-23)14-9-5-8-13-20-11-6-4-7-12-20/h2,4,6-8,11-13,15-18,21,25H,1,3,5,9-10,14,19H2/b13-8+. The van der Waals surface area contributed by atoms with Gasteiger partial charge in [0, 0.05) is 12.2 Å². The van der Waals surface area contributed by atoms with Crippen molar-refractivity contribution in [2.45, 2.75) is 32.1 Å². The maximum Gasteiger partial charge on any atom is 0.123 e. The van der Waals surface area contributed by atoms with Gasteiger partial charge in [0.1, 0.15) is 5.82 Å². The second-order valence-corrected chi connectivity index (χ2v) is 6.36. The summed E-state index contributed by atoms with van der Waals surface area (Å²) in [5.74, 6) is 0.409. The average Bonchev–Trinajstić information content (AvgIpc) is 2.65. The van der Waals surface area contributed by atoms with Crippen molar-refractivity contribution in [3.05, 3.63) is 84.7 Å². The molecule has 0 fully saturated rings. The minimum atomic E-state index is -0.195. The van der Waals surface area contributed by atoms with Crippen LogP contribution in [0.1, 0.15) is 37.7 Å². The van der Waals surface area contributed by atoms with Gasteiger partial charge in [-0.15, -0.1) is 6.58 Å². The average molecular weight is 337 g/mol. The highest BCUT2D eigenvalue weighted by atomic mass is 19.1. The zero-order valence-corrected chi connectivity index (χ0v) is 14.8. The van der Waals surface area contributed by atoms with Crippen LogP contribution in [0, 0.1) is 11.7 Å². The van der Waals surface area contributed by atoms with E-state index in [0.29, 0.717) is 5.92 Å². The van der Waals surface area contributed by atoms with Crippen molar-refractivity contribution >= 4 is 11.8 Å². The minimum absolute atomic E-state index is 0.195. The Balaban J connectivity index is 1.73. The topological polar surface area (TPSA) is 12.0 Å². The Hall–Kier alpha value is -2.35. The molecule has 0 aromatic heterocycles. The molecule has 2 heteroatoms. The Morgan fingerprint density at radius 1 is 0.960 bits per heavy atom. The predicted octanol–water partition coefficient (Wildman–Crippen LogP) is 6.70. The van der Waals surface area contributed by atoms with Gasteiger partial charge in [-0.3, -0.25) is 0 Å². The summed E-state index contributed by atoms with van der Waals surface area (Å²) >= 11 is 0. The van der Waals surface area contributed by atoms with E-state index in [0.717, 1.165) is 31.5 Å². The van der Waals surface area contributed by atoms with E-state index in [-0.39, 0.29) is 5.82 Å².